The third kappa shape index (κ3) is 1.77. The maximum absolute atomic E-state index is 10.3. The van der Waals surface area contributed by atoms with Gasteiger partial charge in [0.1, 0.15) is 11.5 Å². The first-order valence-electron chi connectivity index (χ1n) is 5.10. The highest BCUT2D eigenvalue weighted by Gasteiger charge is 2.31. The van der Waals surface area contributed by atoms with Gasteiger partial charge in [0.15, 0.2) is 0 Å². The second kappa shape index (κ2) is 4.05. The van der Waals surface area contributed by atoms with Crippen molar-refractivity contribution in [3.63, 3.8) is 0 Å². The summed E-state index contributed by atoms with van der Waals surface area (Å²) in [5.74, 6) is 1.26. The molecule has 1 N–H and O–H groups in total. The Labute approximate surface area is 112 Å². The Morgan fingerprint density at radius 2 is 1.94 bits per heavy atom. The summed E-state index contributed by atoms with van der Waals surface area (Å²) >= 11 is 9.37. The molecule has 3 rings (SSSR count). The van der Waals surface area contributed by atoms with Crippen LogP contribution in [0.1, 0.15) is 0 Å². The molecule has 0 spiro atoms. The minimum Gasteiger partial charge on any atom is -0.458 e. The number of para-hydroxylation sites is 1. The van der Waals surface area contributed by atoms with E-state index in [1.165, 1.54) is 0 Å². The number of rotatable bonds is 0. The van der Waals surface area contributed by atoms with Crippen LogP contribution in [0.3, 0.4) is 0 Å². The van der Waals surface area contributed by atoms with Crippen LogP contribution in [0.15, 0.2) is 40.9 Å². The molecule has 0 bridgehead atoms. The first-order chi connectivity index (χ1) is 8.16. The fourth-order valence-electron chi connectivity index (χ4n) is 1.98. The van der Waals surface area contributed by atoms with E-state index in [2.05, 4.69) is 15.9 Å². The zero-order chi connectivity index (χ0) is 12.0. The second-order valence-electron chi connectivity index (χ2n) is 3.84. The lowest BCUT2D eigenvalue weighted by Crippen LogP contribution is -2.47. The lowest BCUT2D eigenvalue weighted by molar-refractivity contribution is 0.479. The molecule has 0 fully saturated rings. The number of benzene rings is 2. The first kappa shape index (κ1) is 11.1. The molecule has 0 aliphatic carbocycles. The lowest BCUT2D eigenvalue weighted by Gasteiger charge is -2.23. The summed E-state index contributed by atoms with van der Waals surface area (Å²) in [5, 5.41) is 10.9. The van der Waals surface area contributed by atoms with Crippen molar-refractivity contribution < 1.29 is 9.76 Å². The molecule has 0 saturated heterocycles. The van der Waals surface area contributed by atoms with Crippen molar-refractivity contribution in [3.8, 4) is 11.5 Å². The van der Waals surface area contributed by atoms with Crippen LogP contribution in [0.25, 0.3) is 0 Å². The molecule has 84 valence electrons. The summed E-state index contributed by atoms with van der Waals surface area (Å²) < 4.78 is 6.49. The summed E-state index contributed by atoms with van der Waals surface area (Å²) in [7, 11) is 0. The van der Waals surface area contributed by atoms with E-state index in [1.54, 1.807) is 12.1 Å². The Hall–Kier alpha value is -0.965. The van der Waals surface area contributed by atoms with Crippen molar-refractivity contribution in [3.05, 3.63) is 45.9 Å². The van der Waals surface area contributed by atoms with E-state index in [9.17, 15) is 5.02 Å². The highest BCUT2D eigenvalue weighted by molar-refractivity contribution is 9.10. The quantitative estimate of drug-likeness (QED) is 0.757. The summed E-state index contributed by atoms with van der Waals surface area (Å²) in [6.45, 7) is -0.693. The van der Waals surface area contributed by atoms with Gasteiger partial charge in [-0.15, -0.1) is 0 Å². The predicted molar refractivity (Wildman–Crippen MR) is 72.9 cm³/mol. The standard InChI is InChI=1S/C12H7BBrClO2/c14-9-5-7(15)6-11-12(9)13(16)8-3-1-2-4-10(8)17-11/h1-6,16H. The van der Waals surface area contributed by atoms with Crippen LogP contribution in [0, 0.1) is 0 Å². The van der Waals surface area contributed by atoms with E-state index in [4.69, 9.17) is 16.3 Å². The predicted octanol–water partition coefficient (Wildman–Crippen LogP) is 2.31. The van der Waals surface area contributed by atoms with E-state index in [1.807, 2.05) is 24.3 Å². The van der Waals surface area contributed by atoms with Gasteiger partial charge in [-0.05, 0) is 23.7 Å². The van der Waals surface area contributed by atoms with Gasteiger partial charge in [0.2, 0.25) is 0 Å². The van der Waals surface area contributed by atoms with Crippen molar-refractivity contribution in [2.45, 2.75) is 0 Å². The van der Waals surface area contributed by atoms with E-state index in [-0.39, 0.29) is 0 Å². The summed E-state index contributed by atoms with van der Waals surface area (Å²) in [4.78, 5) is 0. The Morgan fingerprint density at radius 1 is 1.18 bits per heavy atom. The van der Waals surface area contributed by atoms with Crippen LogP contribution in [0.5, 0.6) is 11.5 Å². The molecule has 0 unspecified atom stereocenters. The molecule has 2 aromatic rings. The number of halogens is 2. The molecule has 2 nitrogen and oxygen atoms in total. The SMILES string of the molecule is OB1c2ccccc2Oc2cc(Cl)cc(Br)c21. The molecular weight excluding hydrogens is 302 g/mol. The van der Waals surface area contributed by atoms with Crippen LogP contribution in [0.4, 0.5) is 0 Å². The smallest absolute Gasteiger partial charge is 0.367 e. The van der Waals surface area contributed by atoms with Crippen LogP contribution in [-0.4, -0.2) is 11.9 Å². The molecule has 0 atom stereocenters. The number of hydrogen-bond acceptors (Lipinski definition) is 2. The fraction of sp³-hybridized carbons (Fsp3) is 0. The van der Waals surface area contributed by atoms with Crippen molar-refractivity contribution in [1.29, 1.82) is 0 Å². The van der Waals surface area contributed by atoms with E-state index >= 15 is 0 Å². The van der Waals surface area contributed by atoms with Gasteiger partial charge < -0.3 is 9.76 Å². The van der Waals surface area contributed by atoms with Crippen LogP contribution >= 0.6 is 27.5 Å². The van der Waals surface area contributed by atoms with Gasteiger partial charge in [-0.2, -0.15) is 0 Å². The molecule has 5 heteroatoms. The Kier molecular flexibility index (Phi) is 2.66. The highest BCUT2D eigenvalue weighted by Crippen LogP contribution is 2.29. The topological polar surface area (TPSA) is 29.5 Å². The minimum absolute atomic E-state index is 0.571. The Morgan fingerprint density at radius 3 is 2.76 bits per heavy atom. The molecule has 0 radical (unpaired) electrons. The van der Waals surface area contributed by atoms with E-state index in [0.717, 1.165) is 9.94 Å². The molecule has 1 heterocycles. The Bertz CT molecular complexity index is 603. The molecule has 17 heavy (non-hydrogen) atoms. The highest BCUT2D eigenvalue weighted by atomic mass is 79.9. The van der Waals surface area contributed by atoms with Gasteiger partial charge in [-0.1, -0.05) is 45.7 Å². The summed E-state index contributed by atoms with van der Waals surface area (Å²) in [5.41, 5.74) is 1.48. The van der Waals surface area contributed by atoms with E-state index < -0.39 is 6.92 Å². The molecular formula is C12H7BBrClO2. The second-order valence-corrected chi connectivity index (χ2v) is 5.13. The lowest BCUT2D eigenvalue weighted by atomic mass is 9.54. The fourth-order valence-corrected chi connectivity index (χ4v) is 2.98. The van der Waals surface area contributed by atoms with Gasteiger partial charge in [-0.25, -0.2) is 0 Å². The molecule has 1 aliphatic rings. The van der Waals surface area contributed by atoms with Crippen molar-refractivity contribution in [2.75, 3.05) is 0 Å². The zero-order valence-electron chi connectivity index (χ0n) is 8.65. The molecule has 0 aromatic heterocycles. The number of ether oxygens (including phenoxy) is 1. The minimum atomic E-state index is -0.693. The average Bonchev–Trinajstić information content (AvgIpc) is 2.28. The largest absolute Gasteiger partial charge is 0.458 e. The molecule has 2 aromatic carbocycles. The van der Waals surface area contributed by atoms with Crippen molar-refractivity contribution in [1.82, 2.24) is 0 Å². The summed E-state index contributed by atoms with van der Waals surface area (Å²) in [6, 6.07) is 10.9. The van der Waals surface area contributed by atoms with Crippen LogP contribution < -0.4 is 15.7 Å². The first-order valence-corrected chi connectivity index (χ1v) is 6.27. The van der Waals surface area contributed by atoms with Gasteiger partial charge in [0, 0.05) is 15.0 Å². The van der Waals surface area contributed by atoms with Crippen LogP contribution in [0.2, 0.25) is 5.02 Å². The van der Waals surface area contributed by atoms with Gasteiger partial charge in [0.05, 0.1) is 0 Å². The van der Waals surface area contributed by atoms with Gasteiger partial charge in [0.25, 0.3) is 0 Å². The maximum Gasteiger partial charge on any atom is 0.367 e. The maximum atomic E-state index is 10.3. The third-order valence-electron chi connectivity index (χ3n) is 2.76. The summed E-state index contributed by atoms with van der Waals surface area (Å²) in [6.07, 6.45) is 0. The molecule has 1 aliphatic heterocycles. The zero-order valence-corrected chi connectivity index (χ0v) is 11.0. The van der Waals surface area contributed by atoms with Crippen molar-refractivity contribution >= 4 is 45.4 Å². The number of hydrogen-bond donors (Lipinski definition) is 1. The third-order valence-corrected chi connectivity index (χ3v) is 3.64. The van der Waals surface area contributed by atoms with E-state index in [0.29, 0.717) is 22.0 Å². The molecule has 0 saturated carbocycles. The van der Waals surface area contributed by atoms with Crippen molar-refractivity contribution in [2.24, 2.45) is 0 Å². The normalized spacial score (nSPS) is 12.8. The van der Waals surface area contributed by atoms with Gasteiger partial charge >= 0.3 is 6.92 Å². The monoisotopic (exact) mass is 308 g/mol. The average molecular weight is 309 g/mol. The van der Waals surface area contributed by atoms with Gasteiger partial charge in [-0.3, -0.25) is 0 Å². The number of fused-ring (bicyclic) bond motifs is 2. The van der Waals surface area contributed by atoms with Crippen LogP contribution in [-0.2, 0) is 0 Å². The Balaban J connectivity index is 2.23. The molecule has 0 amide bonds.